The van der Waals surface area contributed by atoms with Gasteiger partial charge in [-0.3, -0.25) is 0 Å². The van der Waals surface area contributed by atoms with Crippen molar-refractivity contribution in [1.82, 2.24) is 14.9 Å². The van der Waals surface area contributed by atoms with Crippen LogP contribution in [0.5, 0.6) is 0 Å². The quantitative estimate of drug-likeness (QED) is 0.840. The van der Waals surface area contributed by atoms with Crippen molar-refractivity contribution in [2.45, 2.75) is 40.5 Å². The molecule has 4 heteroatoms. The summed E-state index contributed by atoms with van der Waals surface area (Å²) >= 11 is 0. The molecule has 1 rings (SSSR count). The van der Waals surface area contributed by atoms with Crippen LogP contribution in [0.1, 0.15) is 38.1 Å². The first-order valence-corrected chi connectivity index (χ1v) is 6.57. The molecule has 0 saturated carbocycles. The van der Waals surface area contributed by atoms with Gasteiger partial charge in [0.05, 0.1) is 0 Å². The summed E-state index contributed by atoms with van der Waals surface area (Å²) in [5.74, 6) is 0.829. The van der Waals surface area contributed by atoms with Gasteiger partial charge in [0.15, 0.2) is 0 Å². The van der Waals surface area contributed by atoms with Crippen molar-refractivity contribution in [1.29, 1.82) is 0 Å². The monoisotopic (exact) mass is 255 g/mol. The molecule has 4 nitrogen and oxygen atoms in total. The number of aliphatic hydroxyl groups excluding tert-OH is 1. The molecule has 0 aliphatic rings. The average Bonchev–Trinajstić information content (AvgIpc) is 2.36. The third-order valence-electron chi connectivity index (χ3n) is 1.92. The second-order valence-corrected chi connectivity index (χ2v) is 4.04. The van der Waals surface area contributed by atoms with Gasteiger partial charge in [0.1, 0.15) is 5.82 Å². The van der Waals surface area contributed by atoms with Crippen LogP contribution >= 0.6 is 0 Å². The molecule has 0 spiro atoms. The zero-order chi connectivity index (χ0) is 14.4. The summed E-state index contributed by atoms with van der Waals surface area (Å²) in [6.07, 6.45) is 5.65. The van der Waals surface area contributed by atoms with Crippen LogP contribution < -0.4 is 0 Å². The Morgan fingerprint density at radius 3 is 1.89 bits per heavy atom. The molecule has 0 amide bonds. The van der Waals surface area contributed by atoms with Gasteiger partial charge in [-0.05, 0) is 52.9 Å². The molecule has 1 aromatic rings. The Bertz CT molecular complexity index is 239. The van der Waals surface area contributed by atoms with E-state index in [1.54, 1.807) is 0 Å². The average molecular weight is 255 g/mol. The Balaban J connectivity index is 0. The van der Waals surface area contributed by atoms with E-state index in [0.717, 1.165) is 30.8 Å². The standard InChI is InChI=1S/C6H8N2.C6H15NO.C2H6/c1-5-3-7-6(2)8-4-5;1-7(2)5-3-4-6-8;1-2/h3-4H,1-2H3;8H,3-6H2,1-2H3;1-2H3. The molecule has 106 valence electrons. The minimum atomic E-state index is 0.327. The number of hydrogen-bond donors (Lipinski definition) is 1. The molecule has 0 unspecified atom stereocenters. The van der Waals surface area contributed by atoms with Crippen LogP contribution in [0.4, 0.5) is 0 Å². The zero-order valence-corrected chi connectivity index (χ0v) is 12.8. The van der Waals surface area contributed by atoms with Gasteiger partial charge < -0.3 is 10.0 Å². The van der Waals surface area contributed by atoms with Crippen LogP contribution in [0.25, 0.3) is 0 Å². The molecule has 0 aromatic carbocycles. The SMILES string of the molecule is CC.CN(C)CCCCO.Cc1cnc(C)nc1. The van der Waals surface area contributed by atoms with Gasteiger partial charge >= 0.3 is 0 Å². The first kappa shape index (κ1) is 19.3. The molecule has 0 radical (unpaired) electrons. The van der Waals surface area contributed by atoms with Gasteiger partial charge in [-0.2, -0.15) is 0 Å². The van der Waals surface area contributed by atoms with E-state index in [-0.39, 0.29) is 0 Å². The predicted octanol–water partition coefficient (Wildman–Crippen LogP) is 2.44. The minimum absolute atomic E-state index is 0.327. The van der Waals surface area contributed by atoms with Crippen molar-refractivity contribution in [3.63, 3.8) is 0 Å². The van der Waals surface area contributed by atoms with E-state index in [4.69, 9.17) is 5.11 Å². The van der Waals surface area contributed by atoms with Gasteiger partial charge in [-0.25, -0.2) is 9.97 Å². The van der Waals surface area contributed by atoms with Crippen LogP contribution in [-0.2, 0) is 0 Å². The molecule has 1 aromatic heterocycles. The number of unbranched alkanes of at least 4 members (excludes halogenated alkanes) is 1. The van der Waals surface area contributed by atoms with Gasteiger partial charge in [-0.15, -0.1) is 0 Å². The maximum Gasteiger partial charge on any atom is 0.125 e. The van der Waals surface area contributed by atoms with Gasteiger partial charge in [0.25, 0.3) is 0 Å². The molecule has 0 bridgehead atoms. The Hall–Kier alpha value is -1.00. The number of aryl methyl sites for hydroxylation is 2. The molecule has 1 N–H and O–H groups in total. The Morgan fingerprint density at radius 2 is 1.56 bits per heavy atom. The summed E-state index contributed by atoms with van der Waals surface area (Å²) in [5, 5.41) is 8.36. The molecular formula is C14H29N3O. The molecule has 18 heavy (non-hydrogen) atoms. The molecular weight excluding hydrogens is 226 g/mol. The maximum atomic E-state index is 8.36. The summed E-state index contributed by atoms with van der Waals surface area (Å²) in [5.41, 5.74) is 1.11. The highest BCUT2D eigenvalue weighted by Gasteiger charge is 1.87. The Kier molecular flexibility index (Phi) is 15.1. The van der Waals surface area contributed by atoms with Crippen molar-refractivity contribution in [3.8, 4) is 0 Å². The maximum absolute atomic E-state index is 8.36. The van der Waals surface area contributed by atoms with Gasteiger partial charge in [0, 0.05) is 19.0 Å². The van der Waals surface area contributed by atoms with E-state index in [2.05, 4.69) is 14.9 Å². The summed E-state index contributed by atoms with van der Waals surface area (Å²) in [4.78, 5) is 10.1. The highest BCUT2D eigenvalue weighted by atomic mass is 16.2. The van der Waals surface area contributed by atoms with E-state index in [1.165, 1.54) is 0 Å². The van der Waals surface area contributed by atoms with E-state index >= 15 is 0 Å². The smallest absolute Gasteiger partial charge is 0.125 e. The van der Waals surface area contributed by atoms with E-state index in [9.17, 15) is 0 Å². The first-order valence-electron chi connectivity index (χ1n) is 6.57. The lowest BCUT2D eigenvalue weighted by Gasteiger charge is -2.06. The van der Waals surface area contributed by atoms with Crippen molar-refractivity contribution >= 4 is 0 Å². The molecule has 0 saturated heterocycles. The lowest BCUT2D eigenvalue weighted by Crippen LogP contribution is -2.12. The minimum Gasteiger partial charge on any atom is -0.396 e. The van der Waals surface area contributed by atoms with Gasteiger partial charge in [-0.1, -0.05) is 13.8 Å². The lowest BCUT2D eigenvalue weighted by atomic mass is 10.3. The third kappa shape index (κ3) is 15.0. The second kappa shape index (κ2) is 14.1. The fraction of sp³-hybridized carbons (Fsp3) is 0.714. The molecule has 0 fully saturated rings. The summed E-state index contributed by atoms with van der Waals surface area (Å²) in [6.45, 7) is 9.26. The van der Waals surface area contributed by atoms with Crippen molar-refractivity contribution < 1.29 is 5.11 Å². The van der Waals surface area contributed by atoms with Crippen LogP contribution in [0.3, 0.4) is 0 Å². The van der Waals surface area contributed by atoms with Crippen LogP contribution in [0.2, 0.25) is 0 Å². The summed E-state index contributed by atoms with van der Waals surface area (Å²) in [7, 11) is 4.08. The Morgan fingerprint density at radius 1 is 1.06 bits per heavy atom. The third-order valence-corrected chi connectivity index (χ3v) is 1.92. The number of nitrogens with zero attached hydrogens (tertiary/aromatic N) is 3. The van der Waals surface area contributed by atoms with Crippen molar-refractivity contribution in [3.05, 3.63) is 23.8 Å². The van der Waals surface area contributed by atoms with E-state index in [1.807, 2.05) is 54.2 Å². The fourth-order valence-corrected chi connectivity index (χ4v) is 0.997. The number of rotatable bonds is 4. The predicted molar refractivity (Wildman–Crippen MR) is 77.7 cm³/mol. The van der Waals surface area contributed by atoms with E-state index < -0.39 is 0 Å². The van der Waals surface area contributed by atoms with E-state index in [0.29, 0.717) is 6.61 Å². The first-order chi connectivity index (χ1) is 8.56. The molecule has 0 atom stereocenters. The molecule has 1 heterocycles. The van der Waals surface area contributed by atoms with Crippen molar-refractivity contribution in [2.75, 3.05) is 27.2 Å². The van der Waals surface area contributed by atoms with Gasteiger partial charge in [0.2, 0.25) is 0 Å². The van der Waals surface area contributed by atoms with Crippen LogP contribution in [0, 0.1) is 13.8 Å². The topological polar surface area (TPSA) is 49.2 Å². The molecule has 0 aliphatic carbocycles. The number of aromatic nitrogens is 2. The van der Waals surface area contributed by atoms with Crippen LogP contribution in [0.15, 0.2) is 12.4 Å². The second-order valence-electron chi connectivity index (χ2n) is 4.04. The lowest BCUT2D eigenvalue weighted by molar-refractivity contribution is 0.273. The van der Waals surface area contributed by atoms with Crippen molar-refractivity contribution in [2.24, 2.45) is 0 Å². The molecule has 0 aliphatic heterocycles. The number of hydrogen-bond acceptors (Lipinski definition) is 4. The zero-order valence-electron chi connectivity index (χ0n) is 12.8. The normalized spacial score (nSPS) is 9.11. The summed E-state index contributed by atoms with van der Waals surface area (Å²) < 4.78 is 0. The highest BCUT2D eigenvalue weighted by molar-refractivity contribution is 5.00. The Labute approximate surface area is 112 Å². The highest BCUT2D eigenvalue weighted by Crippen LogP contribution is 1.89. The number of aliphatic hydroxyl groups is 1. The fourth-order valence-electron chi connectivity index (χ4n) is 0.997. The summed E-state index contributed by atoms with van der Waals surface area (Å²) in [6, 6.07) is 0. The largest absolute Gasteiger partial charge is 0.396 e. The van der Waals surface area contributed by atoms with Crippen LogP contribution in [-0.4, -0.2) is 47.2 Å².